The van der Waals surface area contributed by atoms with E-state index in [9.17, 15) is 9.59 Å². The van der Waals surface area contributed by atoms with E-state index < -0.39 is 5.69 Å². The first-order valence-corrected chi connectivity index (χ1v) is 3.49. The van der Waals surface area contributed by atoms with Gasteiger partial charge in [0.1, 0.15) is 0 Å². The fraction of sp³-hybridized carbons (Fsp3) is 0. The summed E-state index contributed by atoms with van der Waals surface area (Å²) < 4.78 is 0. The van der Waals surface area contributed by atoms with Crippen LogP contribution in [0.3, 0.4) is 0 Å². The minimum absolute atomic E-state index is 0. The summed E-state index contributed by atoms with van der Waals surface area (Å²) in [5.41, 5.74) is -0.265. The van der Waals surface area contributed by atoms with Crippen LogP contribution in [-0.4, -0.2) is 15.4 Å². The molecular weight excluding hydrogens is 252 g/mol. The molecule has 76 valence electrons. The molecule has 0 amide bonds. The zero-order chi connectivity index (χ0) is 8.55. The number of halogens is 1. The Morgan fingerprint density at radius 3 is 2.36 bits per heavy atom. The van der Waals surface area contributed by atoms with Crippen LogP contribution in [0.1, 0.15) is 0 Å². The highest BCUT2D eigenvalue weighted by molar-refractivity contribution is 8.93. The molecule has 0 aliphatic rings. The topological polar surface area (TPSA) is 97.2 Å². The molecule has 4 N–H and O–H groups in total. The third-order valence-electron chi connectivity index (χ3n) is 1.65. The number of H-pyrrole nitrogens is 2. The Morgan fingerprint density at radius 1 is 1.00 bits per heavy atom. The molecule has 0 radical (unpaired) electrons. The smallest absolute Gasteiger partial charge is 0.326 e. The van der Waals surface area contributed by atoms with Gasteiger partial charge in [-0.25, -0.2) is 4.79 Å². The lowest BCUT2D eigenvalue weighted by atomic mass is 10.2. The molecule has 2 aromatic rings. The summed E-state index contributed by atoms with van der Waals surface area (Å²) in [4.78, 5) is 26.6. The van der Waals surface area contributed by atoms with Gasteiger partial charge in [-0.3, -0.25) is 9.78 Å². The second-order valence-electron chi connectivity index (χ2n) is 2.45. The molecule has 0 unspecified atom stereocenters. The van der Waals surface area contributed by atoms with Crippen LogP contribution in [0.5, 0.6) is 0 Å². The summed E-state index contributed by atoms with van der Waals surface area (Å²) >= 11 is 0. The van der Waals surface area contributed by atoms with Crippen LogP contribution in [0.15, 0.2) is 33.9 Å². The second-order valence-corrected chi connectivity index (χ2v) is 2.45. The number of benzene rings is 1. The van der Waals surface area contributed by atoms with E-state index in [2.05, 4.69) is 9.97 Å². The molecule has 0 bridgehead atoms. The number of para-hydroxylation sites is 1. The second kappa shape index (κ2) is 4.73. The lowest BCUT2D eigenvalue weighted by Gasteiger charge is -1.92. The third kappa shape index (κ3) is 2.09. The number of nitrogens with one attached hydrogen (secondary N) is 2. The van der Waals surface area contributed by atoms with Gasteiger partial charge >= 0.3 is 5.69 Å². The van der Waals surface area contributed by atoms with Gasteiger partial charge in [-0.15, -0.1) is 17.0 Å². The van der Waals surface area contributed by atoms with Crippen molar-refractivity contribution in [2.75, 3.05) is 0 Å². The molecule has 1 heterocycles. The van der Waals surface area contributed by atoms with Crippen LogP contribution in [0.25, 0.3) is 10.9 Å². The molecule has 0 aliphatic carbocycles. The molecule has 5 nitrogen and oxygen atoms in total. The van der Waals surface area contributed by atoms with E-state index in [1.807, 2.05) is 0 Å². The van der Waals surface area contributed by atoms with Gasteiger partial charge in [-0.05, 0) is 12.1 Å². The predicted octanol–water partition coefficient (Wildman–Crippen LogP) is -0.0304. The van der Waals surface area contributed by atoms with Gasteiger partial charge in [0.2, 0.25) is 0 Å². The van der Waals surface area contributed by atoms with Crippen molar-refractivity contribution in [3.8, 4) is 0 Å². The summed E-state index contributed by atoms with van der Waals surface area (Å²) in [5, 5.41) is 0.497. The average Bonchev–Trinajstić information content (AvgIpc) is 2.04. The zero-order valence-corrected chi connectivity index (χ0v) is 8.75. The van der Waals surface area contributed by atoms with Crippen LogP contribution in [-0.2, 0) is 0 Å². The van der Waals surface area contributed by atoms with E-state index in [1.54, 1.807) is 24.3 Å². The molecule has 1 aromatic heterocycles. The standard InChI is InChI=1S/C8H6N2O2.BrH.H2O/c11-7-5-3-1-2-4-6(5)9-8(12)10-7;;/h1-4H,(H2,9,10,11,12);1H;1H2. The van der Waals surface area contributed by atoms with Gasteiger partial charge in [0.05, 0.1) is 10.9 Å². The number of fused-ring (bicyclic) bond motifs is 1. The maximum absolute atomic E-state index is 11.1. The molecule has 6 heteroatoms. The molecule has 0 saturated carbocycles. The van der Waals surface area contributed by atoms with Crippen molar-refractivity contribution < 1.29 is 5.48 Å². The van der Waals surface area contributed by atoms with E-state index in [1.165, 1.54) is 0 Å². The first kappa shape index (κ1) is 12.6. The SMILES string of the molecule is Br.O.O=c1[nH]c(=O)c2ccccc2[nH]1. The van der Waals surface area contributed by atoms with Crippen LogP contribution < -0.4 is 11.2 Å². The first-order valence-electron chi connectivity index (χ1n) is 3.49. The molecule has 0 saturated heterocycles. The van der Waals surface area contributed by atoms with Crippen molar-refractivity contribution in [1.82, 2.24) is 9.97 Å². The summed E-state index contributed by atoms with van der Waals surface area (Å²) in [6, 6.07) is 6.85. The van der Waals surface area contributed by atoms with Crippen LogP contribution in [0, 0.1) is 0 Å². The van der Waals surface area contributed by atoms with E-state index >= 15 is 0 Å². The van der Waals surface area contributed by atoms with Crippen LogP contribution in [0.4, 0.5) is 0 Å². The Morgan fingerprint density at radius 2 is 1.64 bits per heavy atom. The van der Waals surface area contributed by atoms with E-state index in [0.29, 0.717) is 10.9 Å². The Labute approximate surface area is 88.9 Å². The fourth-order valence-corrected chi connectivity index (χ4v) is 1.11. The molecule has 2 rings (SSSR count). The molecular formula is C8H9BrN2O3. The van der Waals surface area contributed by atoms with Gasteiger partial charge in [-0.1, -0.05) is 12.1 Å². The van der Waals surface area contributed by atoms with Crippen molar-refractivity contribution >= 4 is 27.9 Å². The van der Waals surface area contributed by atoms with Crippen molar-refractivity contribution in [1.29, 1.82) is 0 Å². The predicted molar refractivity (Wildman–Crippen MR) is 59.1 cm³/mol. The number of aromatic amines is 2. The number of hydrogen-bond acceptors (Lipinski definition) is 2. The summed E-state index contributed by atoms with van der Waals surface area (Å²) in [5.74, 6) is 0. The molecule has 0 atom stereocenters. The van der Waals surface area contributed by atoms with Crippen molar-refractivity contribution in [3.63, 3.8) is 0 Å². The normalized spacial score (nSPS) is 8.86. The molecule has 1 aromatic carbocycles. The molecule has 0 spiro atoms. The summed E-state index contributed by atoms with van der Waals surface area (Å²) in [7, 11) is 0. The number of aromatic nitrogens is 2. The lowest BCUT2D eigenvalue weighted by Crippen LogP contribution is -2.21. The Kier molecular flexibility index (Phi) is 4.26. The van der Waals surface area contributed by atoms with E-state index in [-0.39, 0.29) is 28.0 Å². The zero-order valence-electron chi connectivity index (χ0n) is 7.03. The number of rotatable bonds is 0. The minimum Gasteiger partial charge on any atom is -0.412 e. The minimum atomic E-state index is -0.473. The summed E-state index contributed by atoms with van der Waals surface area (Å²) in [6.45, 7) is 0. The third-order valence-corrected chi connectivity index (χ3v) is 1.65. The highest BCUT2D eigenvalue weighted by Gasteiger charge is 1.96. The largest absolute Gasteiger partial charge is 0.412 e. The average molecular weight is 261 g/mol. The Bertz CT molecular complexity index is 532. The molecule has 14 heavy (non-hydrogen) atoms. The highest BCUT2D eigenvalue weighted by atomic mass is 79.9. The first-order chi connectivity index (χ1) is 5.77. The summed E-state index contributed by atoms with van der Waals surface area (Å²) in [6.07, 6.45) is 0. The lowest BCUT2D eigenvalue weighted by molar-refractivity contribution is 0.824. The molecule has 0 aliphatic heterocycles. The fourth-order valence-electron chi connectivity index (χ4n) is 1.11. The Hall–Kier alpha value is -1.40. The van der Waals surface area contributed by atoms with Gasteiger partial charge < -0.3 is 10.5 Å². The van der Waals surface area contributed by atoms with Gasteiger partial charge in [-0.2, -0.15) is 0 Å². The van der Waals surface area contributed by atoms with Gasteiger partial charge in [0.15, 0.2) is 0 Å². The quantitative estimate of drug-likeness (QED) is 0.696. The number of hydrogen-bond donors (Lipinski definition) is 2. The Balaban J connectivity index is 0.000000845. The van der Waals surface area contributed by atoms with Crippen LogP contribution >= 0.6 is 17.0 Å². The van der Waals surface area contributed by atoms with E-state index in [4.69, 9.17) is 0 Å². The van der Waals surface area contributed by atoms with Crippen LogP contribution in [0.2, 0.25) is 0 Å². The van der Waals surface area contributed by atoms with Gasteiger partial charge in [0.25, 0.3) is 5.56 Å². The maximum atomic E-state index is 11.1. The van der Waals surface area contributed by atoms with Gasteiger partial charge in [0, 0.05) is 0 Å². The van der Waals surface area contributed by atoms with Crippen molar-refractivity contribution in [2.24, 2.45) is 0 Å². The van der Waals surface area contributed by atoms with E-state index in [0.717, 1.165) is 0 Å². The molecule has 0 fully saturated rings. The van der Waals surface area contributed by atoms with Crippen molar-refractivity contribution in [2.45, 2.75) is 0 Å². The monoisotopic (exact) mass is 260 g/mol. The van der Waals surface area contributed by atoms with Crippen molar-refractivity contribution in [3.05, 3.63) is 45.1 Å². The maximum Gasteiger partial charge on any atom is 0.326 e. The highest BCUT2D eigenvalue weighted by Crippen LogP contribution is 2.01.